The summed E-state index contributed by atoms with van der Waals surface area (Å²) in [5.41, 5.74) is 0.403. The number of ether oxygens (including phenoxy) is 2. The van der Waals surface area contributed by atoms with Gasteiger partial charge in [-0.3, -0.25) is 9.59 Å². The molecule has 0 fully saturated rings. The number of amides is 2. The van der Waals surface area contributed by atoms with Crippen molar-refractivity contribution in [3.63, 3.8) is 0 Å². The van der Waals surface area contributed by atoms with E-state index in [0.29, 0.717) is 17.1 Å². The van der Waals surface area contributed by atoms with Gasteiger partial charge in [-0.25, -0.2) is 0 Å². The average Bonchev–Trinajstić information content (AvgIpc) is 2.43. The van der Waals surface area contributed by atoms with E-state index in [1.165, 1.54) is 14.2 Å². The molecule has 2 amide bonds. The van der Waals surface area contributed by atoms with Crippen LogP contribution >= 0.6 is 0 Å². The van der Waals surface area contributed by atoms with Crippen LogP contribution in [0.5, 0.6) is 11.5 Å². The zero-order chi connectivity index (χ0) is 15.1. The number of rotatable bonds is 6. The third kappa shape index (κ3) is 4.46. The maximum atomic E-state index is 11.9. The van der Waals surface area contributed by atoms with Gasteiger partial charge in [-0.1, -0.05) is 0 Å². The highest BCUT2D eigenvalue weighted by molar-refractivity contribution is 5.97. The summed E-state index contributed by atoms with van der Waals surface area (Å²) in [6.07, 6.45) is 0. The molecule has 0 aliphatic carbocycles. The molecular weight excluding hydrogens is 260 g/mol. The molecule has 0 spiro atoms. The number of hydrogen-bond acceptors (Lipinski definition) is 4. The standard InChI is InChI=1S/C14H20N2O4/c1-9(2)16-13(17)8-15-14(18)10-5-6-11(19-3)12(7-10)20-4/h5-7,9H,8H2,1-4H3,(H,15,18)(H,16,17). The summed E-state index contributed by atoms with van der Waals surface area (Å²) >= 11 is 0. The minimum absolute atomic E-state index is 0.0421. The van der Waals surface area contributed by atoms with Gasteiger partial charge in [-0.05, 0) is 32.0 Å². The summed E-state index contributed by atoms with van der Waals surface area (Å²) in [6, 6.07) is 4.86. The normalized spacial score (nSPS) is 10.1. The Morgan fingerprint density at radius 1 is 1.15 bits per heavy atom. The van der Waals surface area contributed by atoms with Crippen molar-refractivity contribution in [2.24, 2.45) is 0 Å². The Bertz CT molecular complexity index is 486. The zero-order valence-electron chi connectivity index (χ0n) is 12.1. The summed E-state index contributed by atoms with van der Waals surface area (Å²) in [4.78, 5) is 23.4. The summed E-state index contributed by atoms with van der Waals surface area (Å²) in [5, 5.41) is 5.24. The zero-order valence-corrected chi connectivity index (χ0v) is 12.1. The molecule has 0 heterocycles. The Morgan fingerprint density at radius 3 is 2.35 bits per heavy atom. The Labute approximate surface area is 118 Å². The number of nitrogens with one attached hydrogen (secondary N) is 2. The molecule has 0 saturated carbocycles. The lowest BCUT2D eigenvalue weighted by Gasteiger charge is -2.11. The van der Waals surface area contributed by atoms with E-state index >= 15 is 0 Å². The second-order valence-electron chi connectivity index (χ2n) is 4.47. The van der Waals surface area contributed by atoms with Gasteiger partial charge in [0.15, 0.2) is 11.5 Å². The van der Waals surface area contributed by atoms with Gasteiger partial charge in [0.2, 0.25) is 5.91 Å². The Kier molecular flexibility index (Phi) is 5.83. The molecule has 6 heteroatoms. The van der Waals surface area contributed by atoms with Gasteiger partial charge in [0.05, 0.1) is 20.8 Å². The van der Waals surface area contributed by atoms with Crippen LogP contribution in [0.1, 0.15) is 24.2 Å². The van der Waals surface area contributed by atoms with E-state index in [1.807, 2.05) is 13.8 Å². The fourth-order valence-electron chi connectivity index (χ4n) is 1.61. The van der Waals surface area contributed by atoms with Gasteiger partial charge in [0.1, 0.15) is 0 Å². The molecule has 0 unspecified atom stereocenters. The molecule has 2 N–H and O–H groups in total. The fraction of sp³-hybridized carbons (Fsp3) is 0.429. The van der Waals surface area contributed by atoms with Crippen molar-refractivity contribution >= 4 is 11.8 Å². The molecule has 1 aromatic carbocycles. The van der Waals surface area contributed by atoms with E-state index < -0.39 is 0 Å². The molecule has 6 nitrogen and oxygen atoms in total. The lowest BCUT2D eigenvalue weighted by atomic mass is 10.2. The average molecular weight is 280 g/mol. The van der Waals surface area contributed by atoms with Gasteiger partial charge in [0, 0.05) is 11.6 Å². The van der Waals surface area contributed by atoms with E-state index in [4.69, 9.17) is 9.47 Å². The first kappa shape index (κ1) is 15.8. The molecular formula is C14H20N2O4. The molecule has 0 aliphatic heterocycles. The van der Waals surface area contributed by atoms with Gasteiger partial charge in [-0.15, -0.1) is 0 Å². The van der Waals surface area contributed by atoms with E-state index in [9.17, 15) is 9.59 Å². The predicted molar refractivity (Wildman–Crippen MR) is 75.2 cm³/mol. The molecule has 110 valence electrons. The van der Waals surface area contributed by atoms with Crippen molar-refractivity contribution < 1.29 is 19.1 Å². The van der Waals surface area contributed by atoms with Gasteiger partial charge in [-0.2, -0.15) is 0 Å². The van der Waals surface area contributed by atoms with Crippen molar-refractivity contribution in [2.75, 3.05) is 20.8 Å². The second-order valence-corrected chi connectivity index (χ2v) is 4.47. The Morgan fingerprint density at radius 2 is 1.80 bits per heavy atom. The lowest BCUT2D eigenvalue weighted by Crippen LogP contribution is -2.39. The monoisotopic (exact) mass is 280 g/mol. The number of hydrogen-bond donors (Lipinski definition) is 2. The molecule has 0 aromatic heterocycles. The van der Waals surface area contributed by atoms with Gasteiger partial charge in [0.25, 0.3) is 5.91 Å². The quantitative estimate of drug-likeness (QED) is 0.813. The van der Waals surface area contributed by atoms with Crippen molar-refractivity contribution in [2.45, 2.75) is 19.9 Å². The van der Waals surface area contributed by atoms with E-state index in [1.54, 1.807) is 18.2 Å². The third-order valence-corrected chi connectivity index (χ3v) is 2.50. The van der Waals surface area contributed by atoms with Crippen LogP contribution in [-0.4, -0.2) is 38.6 Å². The fourth-order valence-corrected chi connectivity index (χ4v) is 1.61. The molecule has 1 aromatic rings. The Hall–Kier alpha value is -2.24. The first-order chi connectivity index (χ1) is 9.47. The van der Waals surface area contributed by atoms with Crippen molar-refractivity contribution in [1.29, 1.82) is 0 Å². The first-order valence-corrected chi connectivity index (χ1v) is 6.27. The molecule has 0 radical (unpaired) electrons. The van der Waals surface area contributed by atoms with Crippen LogP contribution in [-0.2, 0) is 4.79 Å². The summed E-state index contributed by atoms with van der Waals surface area (Å²) in [7, 11) is 3.02. The predicted octanol–water partition coefficient (Wildman–Crippen LogP) is 0.958. The minimum atomic E-state index is -0.343. The number of methoxy groups -OCH3 is 2. The van der Waals surface area contributed by atoms with Crippen molar-refractivity contribution in [3.8, 4) is 11.5 Å². The highest BCUT2D eigenvalue weighted by atomic mass is 16.5. The topological polar surface area (TPSA) is 76.7 Å². The van der Waals surface area contributed by atoms with Crippen LogP contribution in [0.15, 0.2) is 18.2 Å². The van der Waals surface area contributed by atoms with Crippen LogP contribution in [0.25, 0.3) is 0 Å². The van der Waals surface area contributed by atoms with Crippen LogP contribution in [0, 0.1) is 0 Å². The van der Waals surface area contributed by atoms with Crippen molar-refractivity contribution in [3.05, 3.63) is 23.8 Å². The van der Waals surface area contributed by atoms with Crippen LogP contribution in [0.4, 0.5) is 0 Å². The molecule has 0 bridgehead atoms. The molecule has 0 aliphatic rings. The lowest BCUT2D eigenvalue weighted by molar-refractivity contribution is -0.120. The minimum Gasteiger partial charge on any atom is -0.493 e. The maximum Gasteiger partial charge on any atom is 0.251 e. The van der Waals surface area contributed by atoms with E-state index in [2.05, 4.69) is 10.6 Å². The number of carbonyl (C=O) groups is 2. The molecule has 20 heavy (non-hydrogen) atoms. The van der Waals surface area contributed by atoms with E-state index in [0.717, 1.165) is 0 Å². The number of carbonyl (C=O) groups excluding carboxylic acids is 2. The van der Waals surface area contributed by atoms with Crippen LogP contribution < -0.4 is 20.1 Å². The SMILES string of the molecule is COc1ccc(C(=O)NCC(=O)NC(C)C)cc1OC. The smallest absolute Gasteiger partial charge is 0.251 e. The second kappa shape index (κ2) is 7.37. The largest absolute Gasteiger partial charge is 0.493 e. The third-order valence-electron chi connectivity index (χ3n) is 2.50. The molecule has 0 saturated heterocycles. The highest BCUT2D eigenvalue weighted by Gasteiger charge is 2.12. The van der Waals surface area contributed by atoms with Gasteiger partial charge < -0.3 is 20.1 Å². The maximum absolute atomic E-state index is 11.9. The van der Waals surface area contributed by atoms with Crippen LogP contribution in [0.3, 0.4) is 0 Å². The van der Waals surface area contributed by atoms with E-state index in [-0.39, 0.29) is 24.4 Å². The molecule has 0 atom stereocenters. The molecule has 1 rings (SSSR count). The van der Waals surface area contributed by atoms with Crippen molar-refractivity contribution in [1.82, 2.24) is 10.6 Å². The van der Waals surface area contributed by atoms with Gasteiger partial charge >= 0.3 is 0 Å². The Balaban J connectivity index is 2.66. The summed E-state index contributed by atoms with van der Waals surface area (Å²) < 4.78 is 10.2. The highest BCUT2D eigenvalue weighted by Crippen LogP contribution is 2.27. The summed E-state index contributed by atoms with van der Waals surface area (Å²) in [6.45, 7) is 3.65. The first-order valence-electron chi connectivity index (χ1n) is 6.27. The summed E-state index contributed by atoms with van der Waals surface area (Å²) in [5.74, 6) is 0.437. The number of benzene rings is 1. The van der Waals surface area contributed by atoms with Crippen LogP contribution in [0.2, 0.25) is 0 Å².